The summed E-state index contributed by atoms with van der Waals surface area (Å²) < 4.78 is 30.6. The molecule has 47 heavy (non-hydrogen) atoms. The smallest absolute Gasteiger partial charge is 0.338 e. The van der Waals surface area contributed by atoms with Crippen LogP contribution in [0.25, 0.3) is 0 Å². The summed E-state index contributed by atoms with van der Waals surface area (Å²) in [4.78, 5) is 68.1. The van der Waals surface area contributed by atoms with Gasteiger partial charge in [-0.1, -0.05) is 29.2 Å². The van der Waals surface area contributed by atoms with Crippen molar-refractivity contribution in [3.05, 3.63) is 98.2 Å². The molecule has 242 valence electrons. The van der Waals surface area contributed by atoms with Gasteiger partial charge in [-0.05, 0) is 73.2 Å². The van der Waals surface area contributed by atoms with Gasteiger partial charge in [-0.25, -0.2) is 14.1 Å². The van der Waals surface area contributed by atoms with Gasteiger partial charge >= 0.3 is 10.8 Å². The lowest BCUT2D eigenvalue weighted by atomic mass is 9.83. The Morgan fingerprint density at radius 3 is 2.28 bits per heavy atom. The van der Waals surface area contributed by atoms with E-state index in [4.69, 9.17) is 14.2 Å². The highest BCUT2D eigenvalue weighted by molar-refractivity contribution is 8.00. The molecule has 1 N–H and O–H groups in total. The molecule has 0 radical (unpaired) electrons. The van der Waals surface area contributed by atoms with E-state index in [0.717, 1.165) is 28.0 Å². The van der Waals surface area contributed by atoms with Gasteiger partial charge in [0.1, 0.15) is 17.6 Å². The molecule has 0 unspecified atom stereocenters. The van der Waals surface area contributed by atoms with Crippen molar-refractivity contribution in [2.24, 2.45) is 5.92 Å². The van der Waals surface area contributed by atoms with Crippen molar-refractivity contribution < 1.29 is 37.8 Å². The molecule has 1 saturated heterocycles. The van der Waals surface area contributed by atoms with E-state index in [1.807, 2.05) is 0 Å². The molecule has 3 heterocycles. The van der Waals surface area contributed by atoms with Crippen LogP contribution in [0.3, 0.4) is 0 Å². The number of amides is 3. The molecule has 3 amide bonds. The van der Waals surface area contributed by atoms with E-state index in [9.17, 15) is 28.4 Å². The zero-order valence-electron chi connectivity index (χ0n) is 25.4. The van der Waals surface area contributed by atoms with E-state index in [0.29, 0.717) is 32.7 Å². The van der Waals surface area contributed by atoms with Crippen molar-refractivity contribution in [3.63, 3.8) is 0 Å². The van der Waals surface area contributed by atoms with Crippen molar-refractivity contribution in [2.75, 3.05) is 31.0 Å². The van der Waals surface area contributed by atoms with E-state index >= 15 is 0 Å². The number of carbonyl (C=O) groups is 4. The summed E-state index contributed by atoms with van der Waals surface area (Å²) in [6.07, 6.45) is 0. The highest BCUT2D eigenvalue weighted by Crippen LogP contribution is 2.54. The van der Waals surface area contributed by atoms with Crippen LogP contribution in [-0.2, 0) is 25.7 Å². The molecule has 0 spiro atoms. The summed E-state index contributed by atoms with van der Waals surface area (Å²) in [5, 5.41) is 2.13. The first-order chi connectivity index (χ1) is 22.6. The fourth-order valence-corrected chi connectivity index (χ4v) is 8.53. The first kappa shape index (κ1) is 32.0. The summed E-state index contributed by atoms with van der Waals surface area (Å²) in [6.45, 7) is 1.52. The maximum atomic E-state index is 14.2. The fraction of sp³-hybridized carbons (Fsp3) is 0.242. The minimum Gasteiger partial charge on any atom is -0.493 e. The third-order valence-electron chi connectivity index (χ3n) is 7.88. The van der Waals surface area contributed by atoms with Gasteiger partial charge < -0.3 is 19.5 Å². The van der Waals surface area contributed by atoms with Crippen LogP contribution in [0.4, 0.5) is 15.8 Å². The summed E-state index contributed by atoms with van der Waals surface area (Å²) in [5.74, 6) is -3.26. The SMILES string of the molecule is CCOC(=O)c1ccc(N2C(=O)[C@H]3[C@H](c4ccc(OC)c(OC)c4)c4sc(=O)n(CC(=O)Nc5ccc(F)cc5)c4S[C@H]3C2=O)cc1. The number of thioether (sulfide) groups is 1. The highest BCUT2D eigenvalue weighted by Gasteiger charge is 2.57. The van der Waals surface area contributed by atoms with Crippen LogP contribution in [0, 0.1) is 11.7 Å². The second-order valence-corrected chi connectivity index (χ2v) is 12.7. The number of thiazole rings is 1. The second kappa shape index (κ2) is 13.0. The number of methoxy groups -OCH3 is 2. The van der Waals surface area contributed by atoms with E-state index in [-0.39, 0.29) is 24.4 Å². The predicted molar refractivity (Wildman–Crippen MR) is 173 cm³/mol. The van der Waals surface area contributed by atoms with Crippen molar-refractivity contribution in [1.82, 2.24) is 4.57 Å². The van der Waals surface area contributed by atoms with E-state index in [1.54, 1.807) is 25.1 Å². The number of imide groups is 1. The molecule has 2 aliphatic heterocycles. The van der Waals surface area contributed by atoms with Gasteiger partial charge in [-0.15, -0.1) is 0 Å². The van der Waals surface area contributed by atoms with E-state index < -0.39 is 51.5 Å². The Morgan fingerprint density at radius 2 is 1.62 bits per heavy atom. The van der Waals surface area contributed by atoms with Gasteiger partial charge in [0, 0.05) is 16.5 Å². The number of nitrogens with zero attached hydrogens (tertiary/aromatic N) is 2. The first-order valence-corrected chi connectivity index (χ1v) is 16.2. The van der Waals surface area contributed by atoms with Crippen molar-refractivity contribution >= 4 is 58.2 Å². The minimum atomic E-state index is -0.932. The van der Waals surface area contributed by atoms with Gasteiger partial charge in [-0.2, -0.15) is 0 Å². The monoisotopic (exact) mass is 677 g/mol. The topological polar surface area (TPSA) is 133 Å². The number of aromatic nitrogens is 1. The minimum absolute atomic E-state index is 0.199. The molecule has 6 rings (SSSR count). The molecule has 11 nitrogen and oxygen atoms in total. The lowest BCUT2D eigenvalue weighted by molar-refractivity contribution is -0.122. The molecular formula is C33H28FN3O8S2. The fourth-order valence-electron chi connectivity index (χ4n) is 5.75. The van der Waals surface area contributed by atoms with Crippen LogP contribution in [-0.4, -0.2) is 54.3 Å². The first-order valence-electron chi connectivity index (χ1n) is 14.5. The Balaban J connectivity index is 1.40. The average Bonchev–Trinajstić information content (AvgIpc) is 3.51. The Bertz CT molecular complexity index is 1940. The summed E-state index contributed by atoms with van der Waals surface area (Å²) >= 11 is 1.97. The zero-order chi connectivity index (χ0) is 33.4. The largest absolute Gasteiger partial charge is 0.493 e. The lowest BCUT2D eigenvalue weighted by Crippen LogP contribution is -2.33. The number of halogens is 1. The van der Waals surface area contributed by atoms with Gasteiger partial charge in [0.05, 0.1) is 43.0 Å². The molecule has 2 aliphatic rings. The number of fused-ring (bicyclic) bond motifs is 2. The number of ether oxygens (including phenoxy) is 3. The Hall–Kier alpha value is -4.95. The molecule has 0 saturated carbocycles. The van der Waals surface area contributed by atoms with Crippen molar-refractivity contribution in [1.29, 1.82) is 0 Å². The third-order valence-corrected chi connectivity index (χ3v) is 10.5. The molecule has 1 fully saturated rings. The van der Waals surface area contributed by atoms with Gasteiger partial charge in [-0.3, -0.25) is 23.7 Å². The summed E-state index contributed by atoms with van der Waals surface area (Å²) in [5.41, 5.74) is 1.53. The van der Waals surface area contributed by atoms with Crippen molar-refractivity contribution in [2.45, 2.75) is 29.7 Å². The summed E-state index contributed by atoms with van der Waals surface area (Å²) in [6, 6.07) is 16.4. The van der Waals surface area contributed by atoms with Gasteiger partial charge in [0.25, 0.3) is 0 Å². The average molecular weight is 678 g/mol. The van der Waals surface area contributed by atoms with E-state index in [1.165, 1.54) is 67.3 Å². The Morgan fingerprint density at radius 1 is 0.915 bits per heavy atom. The number of benzene rings is 3. The molecule has 14 heteroatoms. The standard InChI is InChI=1S/C33H28FN3O8S2/c1-4-45-32(41)17-5-12-21(13-6-17)37-29(39)26-25(18-7-14-22(43-2)23(15-18)44-3)28-31(46-27(26)30(37)40)36(33(42)47-28)16-24(38)35-20-10-8-19(34)9-11-20/h5-15,25-27H,4,16H2,1-3H3,(H,35,38)/t25-,26-,27+/m0/s1. The molecular weight excluding hydrogens is 650 g/mol. The van der Waals surface area contributed by atoms with Crippen LogP contribution in [0.5, 0.6) is 11.5 Å². The van der Waals surface area contributed by atoms with Crippen LogP contribution in [0.1, 0.15) is 33.6 Å². The maximum Gasteiger partial charge on any atom is 0.338 e. The van der Waals surface area contributed by atoms with Crippen LogP contribution >= 0.6 is 23.1 Å². The number of nitrogens with one attached hydrogen (secondary N) is 1. The normalized spacial score (nSPS) is 18.4. The second-order valence-electron chi connectivity index (χ2n) is 10.6. The predicted octanol–water partition coefficient (Wildman–Crippen LogP) is 4.68. The number of esters is 1. The zero-order valence-corrected chi connectivity index (χ0v) is 27.0. The third kappa shape index (κ3) is 5.89. The van der Waals surface area contributed by atoms with E-state index in [2.05, 4.69) is 5.32 Å². The lowest BCUT2D eigenvalue weighted by Gasteiger charge is -2.31. The van der Waals surface area contributed by atoms with Gasteiger partial charge in [0.15, 0.2) is 11.5 Å². The van der Waals surface area contributed by atoms with Crippen LogP contribution < -0.4 is 24.6 Å². The molecule has 3 aromatic carbocycles. The Labute approximate surface area is 276 Å². The van der Waals surface area contributed by atoms with Gasteiger partial charge in [0.2, 0.25) is 17.7 Å². The summed E-state index contributed by atoms with van der Waals surface area (Å²) in [7, 11) is 2.98. The number of hydrogen-bond donors (Lipinski definition) is 1. The number of rotatable bonds is 9. The number of carbonyl (C=O) groups excluding carboxylic acids is 4. The molecule has 1 aromatic heterocycles. The highest BCUT2D eigenvalue weighted by atomic mass is 32.2. The quantitative estimate of drug-likeness (QED) is 0.198. The Kier molecular flexibility index (Phi) is 8.88. The molecule has 0 bridgehead atoms. The van der Waals surface area contributed by atoms with Crippen molar-refractivity contribution in [3.8, 4) is 11.5 Å². The number of hydrogen-bond acceptors (Lipinski definition) is 10. The molecule has 3 atom stereocenters. The number of anilines is 2. The molecule has 0 aliphatic carbocycles. The van der Waals surface area contributed by atoms with Crippen LogP contribution in [0.15, 0.2) is 76.6 Å². The molecule has 4 aromatic rings. The van der Waals surface area contributed by atoms with Crippen LogP contribution in [0.2, 0.25) is 0 Å². The maximum absolute atomic E-state index is 14.2.